The molecule has 0 saturated carbocycles. The number of thiazole rings is 1. The van der Waals surface area contributed by atoms with E-state index in [9.17, 15) is 14.7 Å². The predicted molar refractivity (Wildman–Crippen MR) is 89.5 cm³/mol. The SMILES string of the molecule is CSc1nc(/N=C/N(C)C)c(C(=O)/C(=C/N(C)C)C(=O)O)s1. The highest BCUT2D eigenvalue weighted by Crippen LogP contribution is 2.32. The topological polar surface area (TPSA) is 86.1 Å². The number of Topliss-reactive ketones (excluding diaryl/α,β-unsaturated/α-hetero) is 1. The van der Waals surface area contributed by atoms with E-state index in [1.54, 1.807) is 33.1 Å². The van der Waals surface area contributed by atoms with Crippen LogP contribution in [0.25, 0.3) is 0 Å². The molecular formula is C13H18N4O3S2. The summed E-state index contributed by atoms with van der Waals surface area (Å²) in [4.78, 5) is 35.7. The van der Waals surface area contributed by atoms with Crippen LogP contribution in [0, 0.1) is 0 Å². The second-order valence-corrected chi connectivity index (χ2v) is 6.74. The number of ketones is 1. The van der Waals surface area contributed by atoms with E-state index >= 15 is 0 Å². The van der Waals surface area contributed by atoms with Gasteiger partial charge in [0.05, 0.1) is 6.34 Å². The minimum atomic E-state index is -1.28. The highest BCUT2D eigenvalue weighted by Gasteiger charge is 2.25. The van der Waals surface area contributed by atoms with E-state index in [4.69, 9.17) is 0 Å². The van der Waals surface area contributed by atoms with E-state index in [1.165, 1.54) is 29.2 Å². The number of hydrogen-bond donors (Lipinski definition) is 1. The van der Waals surface area contributed by atoms with Crippen LogP contribution in [0.15, 0.2) is 21.1 Å². The molecule has 1 N–H and O–H groups in total. The number of rotatable bonds is 7. The summed E-state index contributed by atoms with van der Waals surface area (Å²) in [5, 5.41) is 9.24. The number of hydrogen-bond acceptors (Lipinski definition) is 7. The second-order valence-electron chi connectivity index (χ2n) is 4.69. The molecule has 0 radical (unpaired) electrons. The van der Waals surface area contributed by atoms with E-state index in [1.807, 2.05) is 6.26 Å². The lowest BCUT2D eigenvalue weighted by Gasteiger charge is -2.07. The Hall–Kier alpha value is -1.87. The highest BCUT2D eigenvalue weighted by molar-refractivity contribution is 8.00. The Kier molecular flexibility index (Phi) is 6.57. The van der Waals surface area contributed by atoms with Crippen molar-refractivity contribution in [2.75, 3.05) is 34.4 Å². The molecule has 1 aromatic heterocycles. The molecule has 0 unspecified atom stereocenters. The Bertz CT molecular complexity index is 621. The molecule has 0 aliphatic carbocycles. The molecule has 0 aliphatic rings. The van der Waals surface area contributed by atoms with Crippen molar-refractivity contribution in [2.45, 2.75) is 4.34 Å². The van der Waals surface area contributed by atoms with Gasteiger partial charge in [0.25, 0.3) is 0 Å². The summed E-state index contributed by atoms with van der Waals surface area (Å²) >= 11 is 2.52. The van der Waals surface area contributed by atoms with E-state index in [0.29, 0.717) is 4.34 Å². The normalized spacial score (nSPS) is 11.8. The average Bonchev–Trinajstić information content (AvgIpc) is 2.84. The van der Waals surface area contributed by atoms with Crippen molar-refractivity contribution < 1.29 is 14.7 Å². The summed E-state index contributed by atoms with van der Waals surface area (Å²) in [6.45, 7) is 0. The van der Waals surface area contributed by atoms with Crippen LogP contribution in [0.5, 0.6) is 0 Å². The van der Waals surface area contributed by atoms with Crippen LogP contribution in [-0.4, -0.2) is 72.4 Å². The first-order valence-corrected chi connectivity index (χ1v) is 8.22. The molecule has 7 nitrogen and oxygen atoms in total. The number of carboxylic acid groups (broad SMARTS) is 1. The standard InChI is InChI=1S/C13H18N4O3S2/c1-16(2)6-8(12(19)20)9(18)10-11(14-7-17(3)4)15-13(21-5)22-10/h6-7H,1-5H3,(H,19,20)/b8-6-,14-7+. The fourth-order valence-electron chi connectivity index (χ4n) is 1.38. The van der Waals surface area contributed by atoms with Crippen LogP contribution in [0.1, 0.15) is 9.67 Å². The Labute approximate surface area is 137 Å². The zero-order valence-corrected chi connectivity index (χ0v) is 14.7. The molecule has 0 bridgehead atoms. The molecule has 1 rings (SSSR count). The van der Waals surface area contributed by atoms with Crippen molar-refractivity contribution >= 4 is 47.0 Å². The molecule has 0 spiro atoms. The third-order valence-electron chi connectivity index (χ3n) is 2.24. The molecule has 0 saturated heterocycles. The molecule has 22 heavy (non-hydrogen) atoms. The first-order valence-electron chi connectivity index (χ1n) is 6.18. The van der Waals surface area contributed by atoms with Crippen LogP contribution in [0.3, 0.4) is 0 Å². The third-order valence-corrected chi connectivity index (χ3v) is 4.27. The number of carbonyl (C=O) groups excluding carboxylic acids is 1. The van der Waals surface area contributed by atoms with Gasteiger partial charge in [0.1, 0.15) is 10.5 Å². The van der Waals surface area contributed by atoms with Crippen molar-refractivity contribution in [1.82, 2.24) is 14.8 Å². The zero-order valence-electron chi connectivity index (χ0n) is 13.0. The molecule has 0 aromatic carbocycles. The number of thioether (sulfide) groups is 1. The van der Waals surface area contributed by atoms with Crippen molar-refractivity contribution in [3.05, 3.63) is 16.7 Å². The second kappa shape index (κ2) is 7.95. The number of aromatic nitrogens is 1. The lowest BCUT2D eigenvalue weighted by atomic mass is 10.1. The molecule has 0 aliphatic heterocycles. The summed E-state index contributed by atoms with van der Waals surface area (Å²) < 4.78 is 0.656. The van der Waals surface area contributed by atoms with Gasteiger partial charge < -0.3 is 14.9 Å². The van der Waals surface area contributed by atoms with Crippen LogP contribution < -0.4 is 0 Å². The largest absolute Gasteiger partial charge is 0.477 e. The number of carbonyl (C=O) groups is 2. The van der Waals surface area contributed by atoms with E-state index in [-0.39, 0.29) is 16.3 Å². The maximum atomic E-state index is 12.5. The fraction of sp³-hybridized carbons (Fsp3) is 0.385. The van der Waals surface area contributed by atoms with Crippen molar-refractivity contribution in [3.63, 3.8) is 0 Å². The van der Waals surface area contributed by atoms with Crippen LogP contribution in [-0.2, 0) is 4.79 Å². The molecule has 1 heterocycles. The molecular weight excluding hydrogens is 324 g/mol. The number of nitrogens with zero attached hydrogens (tertiary/aromatic N) is 4. The Morgan fingerprint density at radius 1 is 1.27 bits per heavy atom. The number of carboxylic acids is 1. The van der Waals surface area contributed by atoms with Gasteiger partial charge in [0.15, 0.2) is 10.2 Å². The van der Waals surface area contributed by atoms with Gasteiger partial charge in [-0.15, -0.1) is 11.3 Å². The molecule has 120 valence electrons. The van der Waals surface area contributed by atoms with Crippen molar-refractivity contribution in [3.8, 4) is 0 Å². The molecule has 0 amide bonds. The Balaban J connectivity index is 3.31. The fourth-order valence-corrected chi connectivity index (χ4v) is 2.84. The smallest absolute Gasteiger partial charge is 0.341 e. The van der Waals surface area contributed by atoms with Gasteiger partial charge in [-0.25, -0.2) is 14.8 Å². The predicted octanol–water partition coefficient (Wildman–Crippen LogP) is 1.80. The van der Waals surface area contributed by atoms with Gasteiger partial charge in [0.2, 0.25) is 5.78 Å². The van der Waals surface area contributed by atoms with Crippen LogP contribution in [0.2, 0.25) is 0 Å². The van der Waals surface area contributed by atoms with Crippen LogP contribution >= 0.6 is 23.1 Å². The molecule has 0 atom stereocenters. The molecule has 9 heteroatoms. The summed E-state index contributed by atoms with van der Waals surface area (Å²) in [7, 11) is 6.89. The Morgan fingerprint density at radius 3 is 2.36 bits per heavy atom. The highest BCUT2D eigenvalue weighted by atomic mass is 32.2. The number of aliphatic imine (C=N–C) groups is 1. The lowest BCUT2D eigenvalue weighted by molar-refractivity contribution is -0.132. The monoisotopic (exact) mass is 342 g/mol. The zero-order chi connectivity index (χ0) is 16.9. The average molecular weight is 342 g/mol. The first-order chi connectivity index (χ1) is 10.3. The van der Waals surface area contributed by atoms with Gasteiger partial charge in [-0.05, 0) is 6.26 Å². The summed E-state index contributed by atoms with van der Waals surface area (Å²) in [6, 6.07) is 0. The van der Waals surface area contributed by atoms with Gasteiger partial charge in [0, 0.05) is 34.4 Å². The maximum Gasteiger partial charge on any atom is 0.341 e. The van der Waals surface area contributed by atoms with Crippen LogP contribution in [0.4, 0.5) is 5.82 Å². The first kappa shape index (κ1) is 18.2. The van der Waals surface area contributed by atoms with Crippen molar-refractivity contribution in [1.29, 1.82) is 0 Å². The Morgan fingerprint density at radius 2 is 1.91 bits per heavy atom. The summed E-state index contributed by atoms with van der Waals surface area (Å²) in [5.74, 6) is -1.63. The third kappa shape index (κ3) is 4.85. The lowest BCUT2D eigenvalue weighted by Crippen LogP contribution is -2.16. The summed E-state index contributed by atoms with van der Waals surface area (Å²) in [5.41, 5.74) is -0.317. The minimum Gasteiger partial charge on any atom is -0.477 e. The van der Waals surface area contributed by atoms with E-state index in [0.717, 1.165) is 11.3 Å². The van der Waals surface area contributed by atoms with Gasteiger partial charge in [-0.3, -0.25) is 4.79 Å². The van der Waals surface area contributed by atoms with Gasteiger partial charge >= 0.3 is 5.97 Å². The number of aliphatic carboxylic acids is 1. The maximum absolute atomic E-state index is 12.5. The molecule has 0 fully saturated rings. The van der Waals surface area contributed by atoms with E-state index in [2.05, 4.69) is 9.98 Å². The van der Waals surface area contributed by atoms with E-state index < -0.39 is 11.8 Å². The quantitative estimate of drug-likeness (QED) is 0.154. The van der Waals surface area contributed by atoms with Gasteiger partial charge in [-0.1, -0.05) is 11.8 Å². The minimum absolute atomic E-state index is 0.220. The molecule has 1 aromatic rings. The summed E-state index contributed by atoms with van der Waals surface area (Å²) in [6.07, 6.45) is 4.63. The van der Waals surface area contributed by atoms with Crippen molar-refractivity contribution in [2.24, 2.45) is 4.99 Å². The van der Waals surface area contributed by atoms with Gasteiger partial charge in [-0.2, -0.15) is 0 Å².